The number of carbonyl (C=O) groups excluding carboxylic acids is 1. The summed E-state index contributed by atoms with van der Waals surface area (Å²) >= 11 is 0. The number of aryl methyl sites for hydroxylation is 2. The van der Waals surface area contributed by atoms with Crippen molar-refractivity contribution in [1.82, 2.24) is 0 Å². The van der Waals surface area contributed by atoms with Crippen molar-refractivity contribution in [3.8, 4) is 45.3 Å². The zero-order chi connectivity index (χ0) is 34.9. The second kappa shape index (κ2) is 13.5. The number of carbonyl (C=O) groups is 1. The third kappa shape index (κ3) is 6.65. The molecule has 0 fully saturated rings. The molecule has 0 aromatic heterocycles. The van der Waals surface area contributed by atoms with E-state index >= 15 is 0 Å². The van der Waals surface area contributed by atoms with Crippen molar-refractivity contribution in [1.29, 1.82) is 0 Å². The van der Waals surface area contributed by atoms with Crippen LogP contribution in [0.15, 0.2) is 109 Å². The highest BCUT2D eigenvalue weighted by Gasteiger charge is 2.22. The molecule has 6 aromatic rings. The minimum atomic E-state index is -0.603. The molecule has 0 saturated carbocycles. The summed E-state index contributed by atoms with van der Waals surface area (Å²) in [4.78, 5) is 12.0. The highest BCUT2D eigenvalue weighted by atomic mass is 16.5. The minimum Gasteiger partial charge on any atom is -0.507 e. The maximum absolute atomic E-state index is 12.0. The van der Waals surface area contributed by atoms with Gasteiger partial charge in [0, 0.05) is 25.7 Å². The molecule has 0 aliphatic heterocycles. The lowest BCUT2D eigenvalue weighted by Gasteiger charge is -2.21. The molecule has 6 nitrogen and oxygen atoms in total. The summed E-state index contributed by atoms with van der Waals surface area (Å²) in [5.41, 5.74) is 17.0. The highest BCUT2D eigenvalue weighted by Crippen LogP contribution is 2.41. The second-order valence-electron chi connectivity index (χ2n) is 13.3. The van der Waals surface area contributed by atoms with E-state index in [-0.39, 0.29) is 36.7 Å². The van der Waals surface area contributed by atoms with Gasteiger partial charge in [-0.2, -0.15) is 0 Å². The highest BCUT2D eigenvalue weighted by molar-refractivity contribution is 5.76. The Morgan fingerprint density at radius 2 is 0.840 bits per heavy atom. The zero-order valence-corrected chi connectivity index (χ0v) is 28.2. The number of ether oxygens (including phenoxy) is 1. The van der Waals surface area contributed by atoms with Gasteiger partial charge in [0.2, 0.25) is 0 Å². The molecule has 1 amide bonds. The minimum absolute atomic E-state index is 0.139. The SMILES string of the molecule is Cc1cc2c(O)c(c1)Cc1cc(-c3ccccc3)cc(c1OCC(N)=O)Cc1cc(C)cc(c1O)Cc1cc(-c3ccccc3)cc(c1O)C2. The molecule has 0 heterocycles. The first kappa shape index (κ1) is 32.5. The second-order valence-corrected chi connectivity index (χ2v) is 13.3. The molecule has 1 aliphatic rings. The first-order valence-corrected chi connectivity index (χ1v) is 16.8. The van der Waals surface area contributed by atoms with Gasteiger partial charge in [-0.1, -0.05) is 96.1 Å². The average Bonchev–Trinajstić information content (AvgIpc) is 3.10. The van der Waals surface area contributed by atoms with Crippen LogP contribution in [0.3, 0.4) is 0 Å². The Balaban J connectivity index is 1.50. The first-order chi connectivity index (χ1) is 24.1. The fourth-order valence-corrected chi connectivity index (χ4v) is 7.20. The maximum atomic E-state index is 12.0. The van der Waals surface area contributed by atoms with Gasteiger partial charge in [-0.3, -0.25) is 4.79 Å². The lowest BCUT2D eigenvalue weighted by molar-refractivity contribution is -0.119. The van der Waals surface area contributed by atoms with E-state index in [1.165, 1.54) is 0 Å². The van der Waals surface area contributed by atoms with Gasteiger partial charge in [0.25, 0.3) is 5.91 Å². The van der Waals surface area contributed by atoms with Gasteiger partial charge in [0.15, 0.2) is 6.61 Å². The van der Waals surface area contributed by atoms with Crippen LogP contribution in [0.2, 0.25) is 0 Å². The summed E-state index contributed by atoms with van der Waals surface area (Å²) in [6, 6.07) is 35.8. The quantitative estimate of drug-likeness (QED) is 0.148. The van der Waals surface area contributed by atoms with Gasteiger partial charge in [-0.05, 0) is 105 Å². The number of aromatic hydroxyl groups is 3. The lowest BCUT2D eigenvalue weighted by atomic mass is 9.87. The number of fused-ring (bicyclic) bond motifs is 8. The topological polar surface area (TPSA) is 113 Å². The van der Waals surface area contributed by atoms with Gasteiger partial charge in [-0.15, -0.1) is 0 Å². The van der Waals surface area contributed by atoms with Crippen molar-refractivity contribution < 1.29 is 24.9 Å². The number of primary amides is 1. The lowest BCUT2D eigenvalue weighted by Crippen LogP contribution is -2.21. The fourth-order valence-electron chi connectivity index (χ4n) is 7.20. The van der Waals surface area contributed by atoms with Crippen molar-refractivity contribution in [2.24, 2.45) is 5.73 Å². The van der Waals surface area contributed by atoms with E-state index < -0.39 is 5.91 Å². The number of phenols is 3. The number of hydrogen-bond acceptors (Lipinski definition) is 5. The molecule has 0 radical (unpaired) electrons. The first-order valence-electron chi connectivity index (χ1n) is 16.8. The van der Waals surface area contributed by atoms with E-state index in [9.17, 15) is 20.1 Å². The Kier molecular flexibility index (Phi) is 8.77. The molecule has 0 atom stereocenters. The predicted molar refractivity (Wildman–Crippen MR) is 197 cm³/mol. The number of phenolic OH excluding ortho intramolecular Hbond substituents is 3. The molecule has 6 heteroatoms. The monoisotopic (exact) mass is 661 g/mol. The van der Waals surface area contributed by atoms with E-state index in [0.717, 1.165) is 44.5 Å². The molecule has 7 rings (SSSR count). The number of benzene rings is 6. The van der Waals surface area contributed by atoms with Crippen LogP contribution >= 0.6 is 0 Å². The molecule has 8 bridgehead atoms. The molecular weight excluding hydrogens is 622 g/mol. The van der Waals surface area contributed by atoms with Crippen molar-refractivity contribution in [3.05, 3.63) is 165 Å². The summed E-state index contributed by atoms with van der Waals surface area (Å²) < 4.78 is 6.18. The van der Waals surface area contributed by atoms with Crippen LogP contribution in [0.4, 0.5) is 0 Å². The van der Waals surface area contributed by atoms with Crippen LogP contribution in [-0.2, 0) is 30.5 Å². The van der Waals surface area contributed by atoms with Crippen molar-refractivity contribution in [3.63, 3.8) is 0 Å². The number of nitrogens with two attached hydrogens (primary N) is 1. The van der Waals surface area contributed by atoms with E-state index in [1.807, 2.05) is 123 Å². The van der Waals surface area contributed by atoms with Gasteiger partial charge in [0.1, 0.15) is 23.0 Å². The van der Waals surface area contributed by atoms with Crippen molar-refractivity contribution in [2.75, 3.05) is 6.61 Å². The van der Waals surface area contributed by atoms with Crippen molar-refractivity contribution in [2.45, 2.75) is 39.5 Å². The van der Waals surface area contributed by atoms with Crippen LogP contribution in [-0.4, -0.2) is 27.8 Å². The molecule has 0 saturated heterocycles. The molecule has 50 heavy (non-hydrogen) atoms. The Hall–Kier alpha value is -6.01. The van der Waals surface area contributed by atoms with Gasteiger partial charge in [-0.25, -0.2) is 0 Å². The van der Waals surface area contributed by atoms with Gasteiger partial charge < -0.3 is 25.8 Å². The number of amides is 1. The molecule has 1 aliphatic carbocycles. The third-order valence-corrected chi connectivity index (χ3v) is 9.43. The van der Waals surface area contributed by atoms with E-state index in [0.29, 0.717) is 52.0 Å². The molecule has 0 unspecified atom stereocenters. The maximum Gasteiger partial charge on any atom is 0.255 e. The van der Waals surface area contributed by atoms with E-state index in [4.69, 9.17) is 10.5 Å². The normalized spacial score (nSPS) is 12.4. The molecular formula is C44H39NO5. The van der Waals surface area contributed by atoms with Crippen molar-refractivity contribution >= 4 is 5.91 Å². The number of hydrogen-bond donors (Lipinski definition) is 4. The standard InChI is InChI=1S/C44H39NO5/c1-26-13-32-21-36-17-30(28-9-5-3-6-10-28)18-37(43(36)49)22-33-14-27(2)16-35(42(33)48)24-39-20-31(29-11-7-4-8-12-29)19-38(23-34(15-26)41(32)47)44(39)50-25-40(45)46/h3-20,47-49H,21-25H2,1-2H3,(H2,45,46). The van der Waals surface area contributed by atoms with Crippen LogP contribution in [0.1, 0.15) is 55.6 Å². The van der Waals surface area contributed by atoms with Crippen LogP contribution in [0.25, 0.3) is 22.3 Å². The third-order valence-electron chi connectivity index (χ3n) is 9.43. The predicted octanol–water partition coefficient (Wildman–Crippen LogP) is 8.29. The molecule has 250 valence electrons. The van der Waals surface area contributed by atoms with E-state index in [2.05, 4.69) is 0 Å². The summed E-state index contributed by atoms with van der Waals surface area (Å²) in [6.07, 6.45) is 1.17. The summed E-state index contributed by atoms with van der Waals surface area (Å²) in [5.74, 6) is 0.310. The van der Waals surface area contributed by atoms with Crippen LogP contribution in [0.5, 0.6) is 23.0 Å². The van der Waals surface area contributed by atoms with E-state index in [1.54, 1.807) is 0 Å². The smallest absolute Gasteiger partial charge is 0.255 e. The summed E-state index contributed by atoms with van der Waals surface area (Å²) in [6.45, 7) is 3.66. The zero-order valence-electron chi connectivity index (χ0n) is 28.2. The Bertz CT molecular complexity index is 2140. The van der Waals surface area contributed by atoms with Crippen LogP contribution < -0.4 is 10.5 Å². The Morgan fingerprint density at radius 3 is 1.20 bits per heavy atom. The molecule has 6 aromatic carbocycles. The summed E-state index contributed by atoms with van der Waals surface area (Å²) in [5, 5.41) is 35.5. The average molecular weight is 662 g/mol. The molecule has 5 N–H and O–H groups in total. The Morgan fingerprint density at radius 1 is 0.520 bits per heavy atom. The fraction of sp³-hybridized carbons (Fsp3) is 0.159. The number of rotatable bonds is 5. The molecule has 0 spiro atoms. The Labute approximate surface area is 292 Å². The summed E-state index contributed by atoms with van der Waals surface area (Å²) in [7, 11) is 0. The van der Waals surface area contributed by atoms with Crippen LogP contribution in [0, 0.1) is 13.8 Å². The van der Waals surface area contributed by atoms with Gasteiger partial charge >= 0.3 is 0 Å². The largest absolute Gasteiger partial charge is 0.507 e. The van der Waals surface area contributed by atoms with Gasteiger partial charge in [0.05, 0.1) is 0 Å².